The lowest BCUT2D eigenvalue weighted by Crippen LogP contribution is -2.51. The lowest BCUT2D eigenvalue weighted by atomic mass is 9.98. The van der Waals surface area contributed by atoms with Crippen LogP contribution in [0.2, 0.25) is 5.02 Å². The van der Waals surface area contributed by atoms with E-state index in [4.69, 9.17) is 27.1 Å². The van der Waals surface area contributed by atoms with Gasteiger partial charge in [0.1, 0.15) is 11.3 Å². The van der Waals surface area contributed by atoms with Crippen LogP contribution in [-0.2, 0) is 13.1 Å². The van der Waals surface area contributed by atoms with E-state index in [0.717, 1.165) is 41.9 Å². The van der Waals surface area contributed by atoms with Gasteiger partial charge in [-0.25, -0.2) is 4.98 Å². The molecule has 10 heteroatoms. The molecule has 2 aromatic heterocycles. The molecule has 2 N–H and O–H groups in total. The van der Waals surface area contributed by atoms with Gasteiger partial charge in [0.2, 0.25) is 0 Å². The monoisotopic (exact) mass is 662 g/mol. The van der Waals surface area contributed by atoms with Gasteiger partial charge >= 0.3 is 0 Å². The number of benzene rings is 3. The number of amides is 2. The predicted octanol–water partition coefficient (Wildman–Crippen LogP) is 6.06. The molecule has 9 rings (SSSR count). The van der Waals surface area contributed by atoms with Crippen molar-refractivity contribution in [3.8, 4) is 17.3 Å². The normalized spacial score (nSPS) is 22.2. The fraction of sp³-hybridized carbons (Fsp3) is 0.395. The quantitative estimate of drug-likeness (QED) is 0.218. The highest BCUT2D eigenvalue weighted by Crippen LogP contribution is 2.41. The third-order valence-electron chi connectivity index (χ3n) is 11.2. The van der Waals surface area contributed by atoms with Crippen LogP contribution in [0.4, 0.5) is 0 Å². The molecule has 4 aliphatic rings. The summed E-state index contributed by atoms with van der Waals surface area (Å²) in [5.41, 5.74) is 11.4. The Morgan fingerprint density at radius 2 is 1.67 bits per heavy atom. The summed E-state index contributed by atoms with van der Waals surface area (Å²) in [5.74, 6) is 2.66. The van der Waals surface area contributed by atoms with Gasteiger partial charge in [0, 0.05) is 67.2 Å². The first-order valence-electron chi connectivity index (χ1n) is 17.1. The summed E-state index contributed by atoms with van der Waals surface area (Å²) in [7, 11) is 1.66. The highest BCUT2D eigenvalue weighted by molar-refractivity contribution is 6.33. The largest absolute Gasteiger partial charge is 0.494 e. The number of halogens is 1. The number of hydrogen-bond acceptors (Lipinski definition) is 5. The lowest BCUT2D eigenvalue weighted by Gasteiger charge is -2.40. The Morgan fingerprint density at radius 1 is 0.896 bits per heavy atom. The van der Waals surface area contributed by atoms with Crippen molar-refractivity contribution in [1.82, 2.24) is 23.9 Å². The zero-order valence-electron chi connectivity index (χ0n) is 27.0. The van der Waals surface area contributed by atoms with Gasteiger partial charge in [-0.1, -0.05) is 41.9 Å². The summed E-state index contributed by atoms with van der Waals surface area (Å²) < 4.78 is 10.7. The number of nitrogens with zero attached hydrogens (tertiary/aromatic N) is 5. The molecule has 2 saturated heterocycles. The standard InChI is InChI=1S/C38H39ClN6O3/c1-48-33-16-26(37(46)44-21-25-12-13-31(44)34(25)40)14-29-35(33)45(20-23-17-42(18-23)38(47)27-7-3-4-8-28(27)39)36(41-29)32-15-24-6-2-5-9-30(24)43(32)19-22-10-11-22/h2-9,14-16,22-23,25,31,34H,10-13,17-21,40H2,1H3/t25-,31-,34-/m1/s1. The SMILES string of the molecule is COc1cc(C(=O)N2C[C@H]3CC[C@@H]2[C@@H]3N)cc2nc(-c3cc4ccccc4n3CC3CC3)n(CC3CN(C(=O)c4ccccc4Cl)C3)c12. The first-order valence-corrected chi connectivity index (χ1v) is 17.5. The first-order chi connectivity index (χ1) is 23.4. The maximum atomic E-state index is 14.0. The van der Waals surface area contributed by atoms with Gasteiger partial charge in [-0.2, -0.15) is 0 Å². The third-order valence-corrected chi connectivity index (χ3v) is 11.5. The van der Waals surface area contributed by atoms with Gasteiger partial charge in [0.05, 0.1) is 28.9 Å². The van der Waals surface area contributed by atoms with E-state index in [1.54, 1.807) is 19.2 Å². The van der Waals surface area contributed by atoms with Crippen molar-refractivity contribution in [2.45, 2.75) is 50.9 Å². The zero-order valence-corrected chi connectivity index (χ0v) is 27.8. The van der Waals surface area contributed by atoms with Crippen molar-refractivity contribution >= 4 is 45.4 Å². The van der Waals surface area contributed by atoms with E-state index < -0.39 is 0 Å². The minimum Gasteiger partial charge on any atom is -0.494 e. The van der Waals surface area contributed by atoms with E-state index in [9.17, 15) is 9.59 Å². The van der Waals surface area contributed by atoms with Gasteiger partial charge in [0.15, 0.2) is 5.82 Å². The molecule has 2 bridgehead atoms. The van der Waals surface area contributed by atoms with Gasteiger partial charge < -0.3 is 29.4 Å². The third kappa shape index (κ3) is 4.81. The topological polar surface area (TPSA) is 98.6 Å². The molecular formula is C38H39ClN6O3. The van der Waals surface area contributed by atoms with E-state index in [1.807, 2.05) is 34.1 Å². The number of para-hydroxylation sites is 1. The van der Waals surface area contributed by atoms with E-state index in [1.165, 1.54) is 23.7 Å². The Bertz CT molecular complexity index is 2090. The number of carbonyl (C=O) groups is 2. The average Bonchev–Trinajstić information content (AvgIpc) is 3.44. The van der Waals surface area contributed by atoms with Gasteiger partial charge in [0.25, 0.3) is 11.8 Å². The second-order valence-electron chi connectivity index (χ2n) is 14.2. The average molecular weight is 663 g/mol. The van der Waals surface area contributed by atoms with E-state index in [-0.39, 0.29) is 29.8 Å². The Labute approximate surface area is 284 Å². The number of ether oxygens (including phenoxy) is 1. The van der Waals surface area contributed by atoms with Crippen LogP contribution < -0.4 is 10.5 Å². The van der Waals surface area contributed by atoms with Crippen LogP contribution in [-0.4, -0.2) is 74.6 Å². The molecule has 0 spiro atoms. The Kier molecular flexibility index (Phi) is 7.06. The number of carbonyl (C=O) groups excluding carboxylic acids is 2. The second-order valence-corrected chi connectivity index (χ2v) is 14.6. The molecular weight excluding hydrogens is 624 g/mol. The van der Waals surface area contributed by atoms with Crippen molar-refractivity contribution in [3.63, 3.8) is 0 Å². The number of likely N-dealkylation sites (tertiary alicyclic amines) is 2. The molecule has 2 amide bonds. The molecule has 9 nitrogen and oxygen atoms in total. The van der Waals surface area contributed by atoms with Crippen LogP contribution in [0.15, 0.2) is 66.7 Å². The minimum atomic E-state index is -0.0480. The molecule has 0 unspecified atom stereocenters. The number of methoxy groups -OCH3 is 1. The van der Waals surface area contributed by atoms with Crippen molar-refractivity contribution < 1.29 is 14.3 Å². The molecule has 3 aromatic carbocycles. The van der Waals surface area contributed by atoms with E-state index in [0.29, 0.717) is 59.9 Å². The highest BCUT2D eigenvalue weighted by Gasteiger charge is 2.47. The molecule has 4 fully saturated rings. The fourth-order valence-electron chi connectivity index (χ4n) is 8.40. The molecule has 3 atom stereocenters. The molecule has 2 aliphatic carbocycles. The summed E-state index contributed by atoms with van der Waals surface area (Å²) in [6.07, 6.45) is 4.52. The smallest absolute Gasteiger partial charge is 0.255 e. The molecule has 4 heterocycles. The molecule has 48 heavy (non-hydrogen) atoms. The van der Waals surface area contributed by atoms with Crippen molar-refractivity contribution in [1.29, 1.82) is 0 Å². The van der Waals surface area contributed by atoms with Crippen LogP contribution in [0.25, 0.3) is 33.5 Å². The predicted molar refractivity (Wildman–Crippen MR) is 186 cm³/mol. The maximum Gasteiger partial charge on any atom is 0.255 e. The number of nitrogens with two attached hydrogens (primary N) is 1. The number of aromatic nitrogens is 3. The molecule has 2 saturated carbocycles. The van der Waals surface area contributed by atoms with E-state index >= 15 is 0 Å². The molecule has 0 radical (unpaired) electrons. The van der Waals surface area contributed by atoms with Gasteiger partial charge in [-0.3, -0.25) is 9.59 Å². The molecule has 2 aliphatic heterocycles. The summed E-state index contributed by atoms with van der Waals surface area (Å²) >= 11 is 6.36. The second kappa shape index (κ2) is 11.4. The molecule has 246 valence electrons. The van der Waals surface area contributed by atoms with Crippen LogP contribution >= 0.6 is 11.6 Å². The van der Waals surface area contributed by atoms with Gasteiger partial charge in [-0.05, 0) is 73.9 Å². The number of rotatable bonds is 8. The summed E-state index contributed by atoms with van der Waals surface area (Å²) in [6.45, 7) is 3.53. The minimum absolute atomic E-state index is 0.00971. The van der Waals surface area contributed by atoms with Crippen molar-refractivity contribution in [3.05, 3.63) is 82.9 Å². The lowest BCUT2D eigenvalue weighted by molar-refractivity contribution is 0.0471. The highest BCUT2D eigenvalue weighted by atomic mass is 35.5. The Balaban J connectivity index is 1.12. The molecule has 5 aromatic rings. The van der Waals surface area contributed by atoms with Crippen molar-refractivity contribution in [2.24, 2.45) is 23.5 Å². The van der Waals surface area contributed by atoms with Crippen molar-refractivity contribution in [2.75, 3.05) is 26.7 Å². The van der Waals surface area contributed by atoms with Crippen LogP contribution in [0.5, 0.6) is 5.75 Å². The number of imidazole rings is 1. The van der Waals surface area contributed by atoms with Crippen LogP contribution in [0, 0.1) is 17.8 Å². The fourth-order valence-corrected chi connectivity index (χ4v) is 8.61. The zero-order chi connectivity index (χ0) is 32.7. The summed E-state index contributed by atoms with van der Waals surface area (Å²) in [6, 6.07) is 21.9. The summed E-state index contributed by atoms with van der Waals surface area (Å²) in [4.78, 5) is 36.4. The van der Waals surface area contributed by atoms with Crippen LogP contribution in [0.3, 0.4) is 0 Å². The first kappa shape index (κ1) is 29.8. The van der Waals surface area contributed by atoms with Gasteiger partial charge in [-0.15, -0.1) is 0 Å². The summed E-state index contributed by atoms with van der Waals surface area (Å²) in [5, 5.41) is 1.64. The van der Waals surface area contributed by atoms with Crippen LogP contribution in [0.1, 0.15) is 46.4 Å². The Hall–Kier alpha value is -4.34. The van der Waals surface area contributed by atoms with E-state index in [2.05, 4.69) is 39.5 Å². The maximum absolute atomic E-state index is 14.0. The number of hydrogen-bond donors (Lipinski definition) is 1. The Morgan fingerprint density at radius 3 is 2.40 bits per heavy atom. The number of fused-ring (bicyclic) bond motifs is 4. The number of piperidine rings is 1.